The van der Waals surface area contributed by atoms with Crippen LogP contribution in [0.3, 0.4) is 0 Å². The van der Waals surface area contributed by atoms with Crippen LogP contribution in [0.4, 0.5) is 0 Å². The van der Waals surface area contributed by atoms with Gasteiger partial charge in [-0.25, -0.2) is 9.79 Å². The molecule has 1 aromatic rings. The minimum Gasteiger partial charge on any atom is -0.492 e. The predicted octanol–water partition coefficient (Wildman–Crippen LogP) is 1.69. The monoisotopic (exact) mass is 237 g/mol. The molecule has 0 spiro atoms. The van der Waals surface area contributed by atoms with Crippen molar-refractivity contribution in [1.29, 1.82) is 0 Å². The highest BCUT2D eigenvalue weighted by molar-refractivity contribution is 5.52. The standard InChI is InChI=1S/C12H15NO4/c1-15-7-10-5-4-9(6-13-8-14)11(16-2)12(10)17-3/h4-5H,6-7H2,1-3H3. The second-order valence-corrected chi connectivity index (χ2v) is 3.29. The van der Waals surface area contributed by atoms with Gasteiger partial charge in [0, 0.05) is 18.2 Å². The molecular weight excluding hydrogens is 222 g/mol. The summed E-state index contributed by atoms with van der Waals surface area (Å²) in [7, 11) is 4.71. The molecule has 0 unspecified atom stereocenters. The topological polar surface area (TPSA) is 57.1 Å². The summed E-state index contributed by atoms with van der Waals surface area (Å²) in [5.41, 5.74) is 1.65. The van der Waals surface area contributed by atoms with Gasteiger partial charge in [0.1, 0.15) is 0 Å². The Balaban J connectivity index is 3.21. The Labute approximate surface area is 100 Å². The van der Waals surface area contributed by atoms with Gasteiger partial charge in [-0.2, -0.15) is 0 Å². The van der Waals surface area contributed by atoms with Crippen LogP contribution < -0.4 is 9.47 Å². The van der Waals surface area contributed by atoms with Crippen LogP contribution >= 0.6 is 0 Å². The van der Waals surface area contributed by atoms with E-state index in [0.29, 0.717) is 18.1 Å². The Morgan fingerprint density at radius 2 is 1.71 bits per heavy atom. The summed E-state index contributed by atoms with van der Waals surface area (Å²) < 4.78 is 15.6. The number of carbonyl (C=O) groups excluding carboxylic acids is 1. The third-order valence-electron chi connectivity index (χ3n) is 2.30. The molecule has 0 heterocycles. The SMILES string of the molecule is COCc1ccc(CN=C=O)c(OC)c1OC. The van der Waals surface area contributed by atoms with E-state index >= 15 is 0 Å². The zero-order chi connectivity index (χ0) is 12.7. The van der Waals surface area contributed by atoms with Gasteiger partial charge in [0.2, 0.25) is 6.08 Å². The number of hydrogen-bond donors (Lipinski definition) is 0. The van der Waals surface area contributed by atoms with Crippen LogP contribution in [0.5, 0.6) is 11.5 Å². The molecule has 0 saturated carbocycles. The van der Waals surface area contributed by atoms with E-state index in [1.807, 2.05) is 12.1 Å². The van der Waals surface area contributed by atoms with Crippen molar-refractivity contribution in [2.75, 3.05) is 21.3 Å². The molecule has 92 valence electrons. The molecule has 0 fully saturated rings. The van der Waals surface area contributed by atoms with E-state index in [0.717, 1.165) is 11.1 Å². The Kier molecular flexibility index (Phi) is 5.20. The van der Waals surface area contributed by atoms with Crippen LogP contribution in [0.25, 0.3) is 0 Å². The van der Waals surface area contributed by atoms with Crippen LogP contribution in [-0.4, -0.2) is 27.4 Å². The molecule has 0 aliphatic carbocycles. The summed E-state index contributed by atoms with van der Waals surface area (Å²) >= 11 is 0. The number of ether oxygens (including phenoxy) is 3. The van der Waals surface area contributed by atoms with Gasteiger partial charge in [-0.05, 0) is 0 Å². The second kappa shape index (κ2) is 6.68. The van der Waals surface area contributed by atoms with Crippen molar-refractivity contribution in [2.24, 2.45) is 4.99 Å². The van der Waals surface area contributed by atoms with Crippen molar-refractivity contribution >= 4 is 6.08 Å². The first-order valence-electron chi connectivity index (χ1n) is 5.03. The maximum Gasteiger partial charge on any atom is 0.235 e. The Morgan fingerprint density at radius 3 is 2.24 bits per heavy atom. The molecule has 1 aromatic carbocycles. The van der Waals surface area contributed by atoms with Crippen LogP contribution in [0.2, 0.25) is 0 Å². The highest BCUT2D eigenvalue weighted by atomic mass is 16.5. The third-order valence-corrected chi connectivity index (χ3v) is 2.30. The molecule has 0 aliphatic heterocycles. The smallest absolute Gasteiger partial charge is 0.235 e. The minimum absolute atomic E-state index is 0.219. The van der Waals surface area contributed by atoms with Crippen LogP contribution in [0.1, 0.15) is 11.1 Å². The van der Waals surface area contributed by atoms with Gasteiger partial charge in [-0.1, -0.05) is 12.1 Å². The fourth-order valence-electron chi connectivity index (χ4n) is 1.60. The summed E-state index contributed by atoms with van der Waals surface area (Å²) in [5.74, 6) is 1.17. The number of methoxy groups -OCH3 is 3. The molecule has 0 bridgehead atoms. The van der Waals surface area contributed by atoms with Crippen molar-refractivity contribution < 1.29 is 19.0 Å². The van der Waals surface area contributed by atoms with E-state index < -0.39 is 0 Å². The van der Waals surface area contributed by atoms with Gasteiger partial charge in [0.15, 0.2) is 11.5 Å². The van der Waals surface area contributed by atoms with E-state index in [4.69, 9.17) is 14.2 Å². The molecule has 5 nitrogen and oxygen atoms in total. The zero-order valence-corrected chi connectivity index (χ0v) is 10.1. The molecular formula is C12H15NO4. The van der Waals surface area contributed by atoms with E-state index in [2.05, 4.69) is 4.99 Å². The van der Waals surface area contributed by atoms with E-state index in [9.17, 15) is 4.79 Å². The number of aliphatic imine (C=N–C) groups is 1. The molecule has 5 heteroatoms. The Bertz CT molecular complexity index is 425. The maximum atomic E-state index is 10.1. The molecule has 0 radical (unpaired) electrons. The fraction of sp³-hybridized carbons (Fsp3) is 0.417. The van der Waals surface area contributed by atoms with Crippen LogP contribution in [0, 0.1) is 0 Å². The lowest BCUT2D eigenvalue weighted by Gasteiger charge is -2.15. The lowest BCUT2D eigenvalue weighted by atomic mass is 10.1. The summed E-state index contributed by atoms with van der Waals surface area (Å²) in [4.78, 5) is 13.6. The Morgan fingerprint density at radius 1 is 1.12 bits per heavy atom. The van der Waals surface area contributed by atoms with Crippen molar-refractivity contribution in [2.45, 2.75) is 13.2 Å². The number of hydrogen-bond acceptors (Lipinski definition) is 5. The van der Waals surface area contributed by atoms with Gasteiger partial charge in [0.05, 0.1) is 27.4 Å². The number of rotatable bonds is 6. The molecule has 0 aliphatic rings. The Hall–Kier alpha value is -1.84. The summed E-state index contributed by atoms with van der Waals surface area (Å²) in [6.07, 6.45) is 1.50. The molecule has 17 heavy (non-hydrogen) atoms. The quantitative estimate of drug-likeness (QED) is 0.558. The first-order chi connectivity index (χ1) is 8.28. The van der Waals surface area contributed by atoms with Gasteiger partial charge in [0.25, 0.3) is 0 Å². The second-order valence-electron chi connectivity index (χ2n) is 3.29. The zero-order valence-electron chi connectivity index (χ0n) is 10.1. The fourth-order valence-corrected chi connectivity index (χ4v) is 1.60. The summed E-state index contributed by atoms with van der Waals surface area (Å²) in [6, 6.07) is 3.69. The lowest BCUT2D eigenvalue weighted by Crippen LogP contribution is -2.00. The van der Waals surface area contributed by atoms with E-state index in [1.165, 1.54) is 6.08 Å². The van der Waals surface area contributed by atoms with Crippen molar-refractivity contribution in [3.05, 3.63) is 23.3 Å². The van der Waals surface area contributed by atoms with Gasteiger partial charge in [-0.15, -0.1) is 0 Å². The molecule has 0 amide bonds. The molecule has 1 rings (SSSR count). The molecule has 0 N–H and O–H groups in total. The highest BCUT2D eigenvalue weighted by Gasteiger charge is 2.14. The average Bonchev–Trinajstić information content (AvgIpc) is 2.36. The van der Waals surface area contributed by atoms with Crippen LogP contribution in [-0.2, 0) is 22.7 Å². The maximum absolute atomic E-state index is 10.1. The minimum atomic E-state index is 0.219. The number of isocyanates is 1. The average molecular weight is 237 g/mol. The van der Waals surface area contributed by atoms with Crippen LogP contribution in [0.15, 0.2) is 17.1 Å². The molecule has 0 atom stereocenters. The van der Waals surface area contributed by atoms with E-state index in [-0.39, 0.29) is 6.54 Å². The summed E-state index contributed by atoms with van der Waals surface area (Å²) in [5, 5.41) is 0. The van der Waals surface area contributed by atoms with Gasteiger partial charge >= 0.3 is 0 Å². The number of benzene rings is 1. The summed E-state index contributed by atoms with van der Waals surface area (Å²) in [6.45, 7) is 0.646. The number of nitrogens with zero attached hydrogens (tertiary/aromatic N) is 1. The lowest BCUT2D eigenvalue weighted by molar-refractivity contribution is 0.180. The van der Waals surface area contributed by atoms with E-state index in [1.54, 1.807) is 21.3 Å². The first kappa shape index (κ1) is 13.2. The first-order valence-corrected chi connectivity index (χ1v) is 5.03. The normalized spacial score (nSPS) is 9.59. The van der Waals surface area contributed by atoms with Crippen molar-refractivity contribution in [1.82, 2.24) is 0 Å². The molecule has 0 aromatic heterocycles. The van der Waals surface area contributed by atoms with Gasteiger partial charge < -0.3 is 14.2 Å². The molecule has 0 saturated heterocycles. The largest absolute Gasteiger partial charge is 0.492 e. The third kappa shape index (κ3) is 3.06. The highest BCUT2D eigenvalue weighted by Crippen LogP contribution is 2.35. The predicted molar refractivity (Wildman–Crippen MR) is 62.1 cm³/mol. The van der Waals surface area contributed by atoms with Crippen molar-refractivity contribution in [3.63, 3.8) is 0 Å². The van der Waals surface area contributed by atoms with Crippen molar-refractivity contribution in [3.8, 4) is 11.5 Å². The van der Waals surface area contributed by atoms with Gasteiger partial charge in [-0.3, -0.25) is 0 Å².